The Hall–Kier alpha value is -0.130. The molecule has 0 spiro atoms. The minimum atomic E-state index is -3.28. The zero-order valence-electron chi connectivity index (χ0n) is 7.72. The minimum Gasteiger partial charge on any atom is -0.199 e. The smallest absolute Gasteiger partial charge is 0.199 e. The zero-order valence-corrected chi connectivity index (χ0v) is 8.53. The molecule has 0 saturated heterocycles. The first-order valence-corrected chi connectivity index (χ1v) is 5.58. The Labute approximate surface area is 73.9 Å². The lowest BCUT2D eigenvalue weighted by Crippen LogP contribution is -2.47. The fraction of sp³-hybridized carbons (Fsp3) is 1.00. The van der Waals surface area contributed by atoms with E-state index in [2.05, 4.69) is 9.44 Å². The van der Waals surface area contributed by atoms with E-state index in [0.29, 0.717) is 0 Å². The molecule has 0 aliphatic heterocycles. The third kappa shape index (κ3) is 4.04. The topological polar surface area (TPSA) is 58.2 Å². The fourth-order valence-corrected chi connectivity index (χ4v) is 2.39. The molecule has 0 heterocycles. The van der Waals surface area contributed by atoms with E-state index in [1.165, 1.54) is 0 Å². The first kappa shape index (κ1) is 9.95. The van der Waals surface area contributed by atoms with Crippen LogP contribution in [-0.4, -0.2) is 20.0 Å². The van der Waals surface area contributed by atoms with Gasteiger partial charge in [-0.05, 0) is 33.6 Å². The highest BCUT2D eigenvalue weighted by Crippen LogP contribution is 2.19. The van der Waals surface area contributed by atoms with Crippen molar-refractivity contribution in [2.24, 2.45) is 0 Å². The lowest BCUT2D eigenvalue weighted by Gasteiger charge is -2.20. The summed E-state index contributed by atoms with van der Waals surface area (Å²) in [6.45, 7) is 5.46. The Bertz CT molecular complexity index is 249. The number of nitrogens with one attached hydrogen (secondary N) is 2. The van der Waals surface area contributed by atoms with Crippen LogP contribution in [0, 0.1) is 0 Å². The fourth-order valence-electron chi connectivity index (χ4n) is 0.853. The molecule has 0 atom stereocenters. The minimum absolute atomic E-state index is 0.171. The summed E-state index contributed by atoms with van der Waals surface area (Å²) in [6.07, 6.45) is 1.93. The van der Waals surface area contributed by atoms with Crippen LogP contribution < -0.4 is 9.44 Å². The summed E-state index contributed by atoms with van der Waals surface area (Å²) in [4.78, 5) is 0. The third-order valence-corrected chi connectivity index (χ3v) is 2.86. The van der Waals surface area contributed by atoms with Crippen molar-refractivity contribution in [3.8, 4) is 0 Å². The van der Waals surface area contributed by atoms with Gasteiger partial charge >= 0.3 is 0 Å². The molecule has 0 bridgehead atoms. The second-order valence-electron chi connectivity index (χ2n) is 4.25. The summed E-state index contributed by atoms with van der Waals surface area (Å²) in [7, 11) is -3.28. The maximum atomic E-state index is 11.3. The molecule has 1 rings (SSSR count). The number of hydrogen-bond acceptors (Lipinski definition) is 2. The van der Waals surface area contributed by atoms with Crippen molar-refractivity contribution >= 4 is 10.2 Å². The molecule has 0 amide bonds. The Morgan fingerprint density at radius 1 is 1.25 bits per heavy atom. The molecular formula is C7H16N2O2S. The van der Waals surface area contributed by atoms with E-state index < -0.39 is 15.7 Å². The predicted octanol–water partition coefficient (Wildman–Crippen LogP) is 0.371. The van der Waals surface area contributed by atoms with Crippen molar-refractivity contribution in [3.63, 3.8) is 0 Å². The second kappa shape index (κ2) is 2.97. The maximum absolute atomic E-state index is 11.3. The van der Waals surface area contributed by atoms with Crippen molar-refractivity contribution in [1.29, 1.82) is 0 Å². The van der Waals surface area contributed by atoms with E-state index in [1.807, 2.05) is 20.8 Å². The molecule has 1 aliphatic carbocycles. The van der Waals surface area contributed by atoms with Gasteiger partial charge in [-0.1, -0.05) is 0 Å². The van der Waals surface area contributed by atoms with Crippen LogP contribution in [-0.2, 0) is 10.2 Å². The molecule has 12 heavy (non-hydrogen) atoms. The van der Waals surface area contributed by atoms with Gasteiger partial charge in [-0.15, -0.1) is 0 Å². The largest absolute Gasteiger partial charge is 0.277 e. The van der Waals surface area contributed by atoms with Gasteiger partial charge in [-0.3, -0.25) is 0 Å². The number of hydrogen-bond donors (Lipinski definition) is 2. The van der Waals surface area contributed by atoms with E-state index in [0.717, 1.165) is 12.8 Å². The van der Waals surface area contributed by atoms with Crippen molar-refractivity contribution in [2.45, 2.75) is 45.2 Å². The van der Waals surface area contributed by atoms with Gasteiger partial charge in [0.05, 0.1) is 0 Å². The van der Waals surface area contributed by atoms with E-state index in [-0.39, 0.29) is 6.04 Å². The van der Waals surface area contributed by atoms with Crippen LogP contribution >= 0.6 is 0 Å². The molecule has 0 unspecified atom stereocenters. The lowest BCUT2D eigenvalue weighted by atomic mass is 10.1. The molecule has 5 heteroatoms. The van der Waals surface area contributed by atoms with E-state index in [1.54, 1.807) is 0 Å². The average Bonchev–Trinajstić information content (AvgIpc) is 2.39. The molecule has 1 aliphatic rings. The van der Waals surface area contributed by atoms with Crippen LogP contribution in [0.15, 0.2) is 0 Å². The van der Waals surface area contributed by atoms with Gasteiger partial charge in [0.1, 0.15) is 0 Å². The Morgan fingerprint density at radius 3 is 2.08 bits per heavy atom. The second-order valence-corrected chi connectivity index (χ2v) is 5.69. The highest BCUT2D eigenvalue weighted by atomic mass is 32.2. The monoisotopic (exact) mass is 192 g/mol. The van der Waals surface area contributed by atoms with Gasteiger partial charge in [0.25, 0.3) is 10.2 Å². The zero-order chi connectivity index (χ0) is 9.41. The molecule has 0 aromatic carbocycles. The van der Waals surface area contributed by atoms with Crippen molar-refractivity contribution in [1.82, 2.24) is 9.44 Å². The number of rotatable bonds is 3. The van der Waals surface area contributed by atoms with Crippen molar-refractivity contribution < 1.29 is 8.42 Å². The third-order valence-electron chi connectivity index (χ3n) is 1.34. The lowest BCUT2D eigenvalue weighted by molar-refractivity contribution is 0.483. The summed E-state index contributed by atoms with van der Waals surface area (Å²) < 4.78 is 27.6. The first-order chi connectivity index (χ1) is 5.29. The standard InChI is InChI=1S/C7H16N2O2S/c1-7(2,3)9-12(10,11)8-6-4-5-6/h6,8-9H,4-5H2,1-3H3. The summed E-state index contributed by atoms with van der Waals surface area (Å²) >= 11 is 0. The molecule has 2 N–H and O–H groups in total. The van der Waals surface area contributed by atoms with Gasteiger partial charge in [-0.25, -0.2) is 0 Å². The Kier molecular flexibility index (Phi) is 2.47. The van der Waals surface area contributed by atoms with Crippen LogP contribution in [0.5, 0.6) is 0 Å². The molecule has 4 nitrogen and oxygen atoms in total. The summed E-state index contributed by atoms with van der Waals surface area (Å²) in [5.74, 6) is 0. The SMILES string of the molecule is CC(C)(C)NS(=O)(=O)NC1CC1. The predicted molar refractivity (Wildman–Crippen MR) is 48.0 cm³/mol. The van der Waals surface area contributed by atoms with Gasteiger partial charge in [0.2, 0.25) is 0 Å². The van der Waals surface area contributed by atoms with Gasteiger partial charge in [-0.2, -0.15) is 17.9 Å². The normalized spacial score (nSPS) is 19.6. The molecular weight excluding hydrogens is 176 g/mol. The molecule has 72 valence electrons. The Balaban J connectivity index is 2.47. The molecule has 0 aromatic rings. The summed E-state index contributed by atoms with van der Waals surface area (Å²) in [6, 6.07) is 0.171. The van der Waals surface area contributed by atoms with E-state index in [4.69, 9.17) is 0 Å². The molecule has 0 radical (unpaired) electrons. The van der Waals surface area contributed by atoms with E-state index in [9.17, 15) is 8.42 Å². The Morgan fingerprint density at radius 2 is 1.75 bits per heavy atom. The molecule has 0 aromatic heterocycles. The van der Waals surface area contributed by atoms with E-state index >= 15 is 0 Å². The molecule has 1 fully saturated rings. The van der Waals surface area contributed by atoms with Crippen molar-refractivity contribution in [3.05, 3.63) is 0 Å². The van der Waals surface area contributed by atoms with Gasteiger partial charge < -0.3 is 0 Å². The summed E-state index contributed by atoms with van der Waals surface area (Å²) in [5.41, 5.74) is -0.402. The highest BCUT2D eigenvalue weighted by Gasteiger charge is 2.28. The first-order valence-electron chi connectivity index (χ1n) is 4.10. The van der Waals surface area contributed by atoms with Crippen LogP contribution in [0.1, 0.15) is 33.6 Å². The quantitative estimate of drug-likeness (QED) is 0.679. The van der Waals surface area contributed by atoms with Gasteiger partial charge in [0.15, 0.2) is 0 Å². The van der Waals surface area contributed by atoms with Crippen LogP contribution in [0.4, 0.5) is 0 Å². The van der Waals surface area contributed by atoms with Crippen LogP contribution in [0.2, 0.25) is 0 Å². The van der Waals surface area contributed by atoms with Crippen LogP contribution in [0.25, 0.3) is 0 Å². The summed E-state index contributed by atoms with van der Waals surface area (Å²) in [5, 5.41) is 0. The highest BCUT2D eigenvalue weighted by molar-refractivity contribution is 7.87. The maximum Gasteiger partial charge on any atom is 0.277 e. The van der Waals surface area contributed by atoms with Crippen molar-refractivity contribution in [2.75, 3.05) is 0 Å². The average molecular weight is 192 g/mol. The molecule has 1 saturated carbocycles. The van der Waals surface area contributed by atoms with Gasteiger partial charge in [0, 0.05) is 11.6 Å². The van der Waals surface area contributed by atoms with Crippen LogP contribution in [0.3, 0.4) is 0 Å².